The van der Waals surface area contributed by atoms with E-state index in [-0.39, 0.29) is 5.04 Å². The first-order chi connectivity index (χ1) is 13.7. The van der Waals surface area contributed by atoms with Gasteiger partial charge in [-0.15, -0.1) is 6.58 Å². The Labute approximate surface area is 169 Å². The van der Waals surface area contributed by atoms with Gasteiger partial charge in [0.25, 0.3) is 0 Å². The maximum atomic E-state index is 6.14. The summed E-state index contributed by atoms with van der Waals surface area (Å²) in [5, 5.41) is 3.10. The Bertz CT molecular complexity index is 867. The second-order valence-corrected chi connectivity index (χ2v) is 12.3. The Morgan fingerprint density at radius 2 is 1.39 bits per heavy atom. The molecule has 2 unspecified atom stereocenters. The number of hydrogen-bond acceptors (Lipinski definition) is 1. The second kappa shape index (κ2) is 7.90. The number of rotatable bonds is 8. The van der Waals surface area contributed by atoms with Crippen LogP contribution in [-0.2, 0) is 11.3 Å². The van der Waals surface area contributed by atoms with Crippen LogP contribution in [0.3, 0.4) is 0 Å². The average molecular weight is 385 g/mol. The summed E-state index contributed by atoms with van der Waals surface area (Å²) in [4.78, 5) is 0. The predicted octanol–water partition coefficient (Wildman–Crippen LogP) is 5.04. The minimum atomic E-state index is -2.01. The molecule has 0 radical (unpaired) electrons. The summed E-state index contributed by atoms with van der Waals surface area (Å²) in [7, 11) is -2.01. The van der Waals surface area contributed by atoms with Crippen molar-refractivity contribution in [2.24, 2.45) is 5.92 Å². The molecule has 2 heteroatoms. The fraction of sp³-hybridized carbons (Fsp3) is 0.231. The van der Waals surface area contributed by atoms with E-state index in [2.05, 4.69) is 104 Å². The molecule has 28 heavy (non-hydrogen) atoms. The molecule has 3 aromatic rings. The molecule has 3 aromatic carbocycles. The molecule has 0 aliphatic heterocycles. The molecule has 0 aromatic heterocycles. The normalized spacial score (nSPS) is 21.2. The number of hydrogen-bond donors (Lipinski definition) is 0. The van der Waals surface area contributed by atoms with Crippen molar-refractivity contribution in [2.45, 2.75) is 24.6 Å². The molecular weight excluding hydrogens is 356 g/mol. The van der Waals surface area contributed by atoms with E-state index < -0.39 is 8.07 Å². The third kappa shape index (κ3) is 3.27. The van der Waals surface area contributed by atoms with Crippen LogP contribution in [0.5, 0.6) is 0 Å². The molecule has 0 N–H and O–H groups in total. The van der Waals surface area contributed by atoms with Crippen LogP contribution in [0, 0.1) is 5.92 Å². The molecule has 1 aliphatic rings. The zero-order valence-electron chi connectivity index (χ0n) is 16.6. The Kier molecular flexibility index (Phi) is 5.34. The lowest BCUT2D eigenvalue weighted by Crippen LogP contribution is -2.60. The first-order valence-electron chi connectivity index (χ1n) is 10.1. The maximum absolute atomic E-state index is 6.14. The SMILES string of the molecule is C=CC1([Si](C)(c2ccccc2)c2ccccc2)CC1COCc1ccccc1. The standard InChI is InChI=1S/C26H28OSi/c1-3-26(19-23(26)21-27-20-22-13-7-4-8-14-22)28(2,24-15-9-5-10-16-24)25-17-11-6-12-18-25/h3-18,23H,1,19-21H2,2H3. The Balaban J connectivity index is 1.60. The van der Waals surface area contributed by atoms with Crippen LogP contribution in [0.2, 0.25) is 11.6 Å². The smallest absolute Gasteiger partial charge is 0.125 e. The van der Waals surface area contributed by atoms with E-state index in [1.807, 2.05) is 6.07 Å². The van der Waals surface area contributed by atoms with Crippen LogP contribution < -0.4 is 10.4 Å². The lowest BCUT2D eigenvalue weighted by Gasteiger charge is -2.37. The van der Waals surface area contributed by atoms with E-state index in [4.69, 9.17) is 4.74 Å². The zero-order valence-corrected chi connectivity index (χ0v) is 17.6. The molecule has 1 nitrogen and oxygen atoms in total. The third-order valence-corrected chi connectivity index (χ3v) is 12.2. The van der Waals surface area contributed by atoms with Gasteiger partial charge in [-0.25, -0.2) is 0 Å². The highest BCUT2D eigenvalue weighted by molar-refractivity contribution is 7.04. The van der Waals surface area contributed by atoms with Gasteiger partial charge in [0.15, 0.2) is 0 Å². The van der Waals surface area contributed by atoms with Crippen LogP contribution in [0.4, 0.5) is 0 Å². The molecule has 0 bridgehead atoms. The zero-order chi connectivity index (χ0) is 19.5. The minimum Gasteiger partial charge on any atom is -0.376 e. The highest BCUT2D eigenvalue weighted by atomic mass is 28.3. The maximum Gasteiger partial charge on any atom is 0.125 e. The molecule has 0 spiro atoms. The van der Waals surface area contributed by atoms with Crippen molar-refractivity contribution < 1.29 is 4.74 Å². The Hall–Kier alpha value is -2.42. The Morgan fingerprint density at radius 1 is 0.893 bits per heavy atom. The average Bonchev–Trinajstić information content (AvgIpc) is 3.50. The largest absolute Gasteiger partial charge is 0.376 e. The summed E-state index contributed by atoms with van der Waals surface area (Å²) in [5.74, 6) is 0.533. The van der Waals surface area contributed by atoms with Gasteiger partial charge in [-0.05, 0) is 22.9 Å². The minimum absolute atomic E-state index is 0.145. The second-order valence-electron chi connectivity index (χ2n) is 8.00. The molecule has 1 aliphatic carbocycles. The van der Waals surface area contributed by atoms with Crippen LogP contribution in [0.25, 0.3) is 0 Å². The Morgan fingerprint density at radius 3 is 1.89 bits per heavy atom. The molecule has 142 valence electrons. The van der Waals surface area contributed by atoms with Crippen LogP contribution in [-0.4, -0.2) is 14.7 Å². The van der Waals surface area contributed by atoms with E-state index >= 15 is 0 Å². The van der Waals surface area contributed by atoms with E-state index in [1.165, 1.54) is 15.9 Å². The lowest BCUT2D eigenvalue weighted by atomic mass is 10.2. The van der Waals surface area contributed by atoms with Crippen molar-refractivity contribution in [1.29, 1.82) is 0 Å². The number of benzene rings is 3. The van der Waals surface area contributed by atoms with Crippen molar-refractivity contribution in [2.75, 3.05) is 6.61 Å². The summed E-state index contributed by atoms with van der Waals surface area (Å²) in [6.07, 6.45) is 3.41. The molecule has 2 atom stereocenters. The summed E-state index contributed by atoms with van der Waals surface area (Å²) < 4.78 is 6.14. The fourth-order valence-electron chi connectivity index (χ4n) is 4.76. The predicted molar refractivity (Wildman–Crippen MR) is 121 cm³/mol. The summed E-state index contributed by atoms with van der Waals surface area (Å²) in [6.45, 7) is 8.29. The van der Waals surface area contributed by atoms with E-state index in [9.17, 15) is 0 Å². The molecular formula is C26H28OSi. The molecule has 1 saturated carbocycles. The van der Waals surface area contributed by atoms with E-state index in [0.717, 1.165) is 13.0 Å². The van der Waals surface area contributed by atoms with Crippen molar-refractivity contribution in [1.82, 2.24) is 0 Å². The first-order valence-corrected chi connectivity index (χ1v) is 12.6. The van der Waals surface area contributed by atoms with Crippen molar-refractivity contribution in [3.63, 3.8) is 0 Å². The van der Waals surface area contributed by atoms with Gasteiger partial charge in [0.1, 0.15) is 8.07 Å². The van der Waals surface area contributed by atoms with Gasteiger partial charge >= 0.3 is 0 Å². The first kappa shape index (κ1) is 18.9. The molecule has 0 heterocycles. The van der Waals surface area contributed by atoms with Gasteiger partial charge < -0.3 is 4.74 Å². The van der Waals surface area contributed by atoms with Gasteiger partial charge in [-0.3, -0.25) is 0 Å². The quantitative estimate of drug-likeness (QED) is 0.390. The number of ether oxygens (including phenoxy) is 1. The van der Waals surface area contributed by atoms with Gasteiger partial charge in [0, 0.05) is 0 Å². The highest BCUT2D eigenvalue weighted by Crippen LogP contribution is 2.66. The molecule has 1 fully saturated rings. The topological polar surface area (TPSA) is 9.23 Å². The summed E-state index contributed by atoms with van der Waals surface area (Å²) in [6, 6.07) is 32.6. The van der Waals surface area contributed by atoms with Gasteiger partial charge in [0.05, 0.1) is 13.2 Å². The van der Waals surface area contributed by atoms with E-state index in [1.54, 1.807) is 0 Å². The lowest BCUT2D eigenvalue weighted by molar-refractivity contribution is 0.109. The molecule has 0 amide bonds. The van der Waals surface area contributed by atoms with Crippen molar-refractivity contribution in [3.05, 3.63) is 109 Å². The van der Waals surface area contributed by atoms with Crippen LogP contribution in [0.1, 0.15) is 12.0 Å². The number of allylic oxidation sites excluding steroid dienone is 1. The monoisotopic (exact) mass is 384 g/mol. The van der Waals surface area contributed by atoms with Gasteiger partial charge in [-0.1, -0.05) is 114 Å². The van der Waals surface area contributed by atoms with Crippen LogP contribution >= 0.6 is 0 Å². The van der Waals surface area contributed by atoms with Crippen molar-refractivity contribution >= 4 is 18.4 Å². The summed E-state index contributed by atoms with van der Waals surface area (Å²) in [5.41, 5.74) is 1.23. The molecule has 0 saturated heterocycles. The summed E-state index contributed by atoms with van der Waals surface area (Å²) >= 11 is 0. The van der Waals surface area contributed by atoms with Crippen LogP contribution in [0.15, 0.2) is 104 Å². The fourth-order valence-corrected chi connectivity index (χ4v) is 9.85. The highest BCUT2D eigenvalue weighted by Gasteiger charge is 2.64. The van der Waals surface area contributed by atoms with Gasteiger partial charge in [-0.2, -0.15) is 0 Å². The molecule has 4 rings (SSSR count). The van der Waals surface area contributed by atoms with E-state index in [0.29, 0.717) is 12.5 Å². The van der Waals surface area contributed by atoms with Crippen molar-refractivity contribution in [3.8, 4) is 0 Å². The van der Waals surface area contributed by atoms with Gasteiger partial charge in [0.2, 0.25) is 0 Å². The third-order valence-electron chi connectivity index (χ3n) is 6.58.